The first-order valence-electron chi connectivity index (χ1n) is 2.35. The summed E-state index contributed by atoms with van der Waals surface area (Å²) >= 11 is 1.97. The van der Waals surface area contributed by atoms with Crippen molar-refractivity contribution in [2.24, 2.45) is 0 Å². The van der Waals surface area contributed by atoms with E-state index in [1.54, 1.807) is 0 Å². The predicted molar refractivity (Wildman–Crippen MR) is 35.4 cm³/mol. The van der Waals surface area contributed by atoms with Crippen molar-refractivity contribution in [2.75, 3.05) is 6.54 Å². The van der Waals surface area contributed by atoms with Gasteiger partial charge in [-0.25, -0.2) is 8.78 Å². The Bertz CT molecular complexity index is 96.0. The van der Waals surface area contributed by atoms with E-state index in [0.717, 1.165) is 0 Å². The number of hydrogen-bond donors (Lipinski definition) is 1. The van der Waals surface area contributed by atoms with Gasteiger partial charge in [-0.3, -0.25) is 5.32 Å². The quantitative estimate of drug-likeness (QED) is 0.378. The van der Waals surface area contributed by atoms with Crippen LogP contribution in [0.2, 0.25) is 0 Å². The van der Waals surface area contributed by atoms with Gasteiger partial charge in [0.15, 0.2) is 0 Å². The number of halogens is 3. The van der Waals surface area contributed by atoms with Crippen molar-refractivity contribution in [3.63, 3.8) is 0 Å². The average Bonchev–Trinajstić information content (AvgIpc) is 1.82. The third-order valence-electron chi connectivity index (χ3n) is 1.06. The van der Waals surface area contributed by atoms with Gasteiger partial charge in [0.25, 0.3) is 5.92 Å². The fraction of sp³-hybridized carbons (Fsp3) is 1.00. The molecule has 0 amide bonds. The highest BCUT2D eigenvalue weighted by atomic mass is 127. The Morgan fingerprint density at radius 3 is 2.38 bits per heavy atom. The monoisotopic (exact) mass is 233 g/mol. The molecule has 0 aliphatic carbocycles. The number of alkyl halides is 3. The molecule has 0 aromatic carbocycles. The van der Waals surface area contributed by atoms with Crippen LogP contribution in [0.15, 0.2) is 0 Å². The molecule has 48 valence electrons. The van der Waals surface area contributed by atoms with Gasteiger partial charge in [-0.1, -0.05) is 22.6 Å². The Balaban J connectivity index is 2.44. The van der Waals surface area contributed by atoms with E-state index in [4.69, 9.17) is 0 Å². The molecule has 1 saturated heterocycles. The van der Waals surface area contributed by atoms with Gasteiger partial charge in [-0.15, -0.1) is 0 Å². The third kappa shape index (κ3) is 1.51. The first-order valence-corrected chi connectivity index (χ1v) is 3.60. The molecule has 4 heteroatoms. The summed E-state index contributed by atoms with van der Waals surface area (Å²) < 4.78 is 24.2. The van der Waals surface area contributed by atoms with E-state index in [0.29, 0.717) is 0 Å². The van der Waals surface area contributed by atoms with Gasteiger partial charge in [0.2, 0.25) is 0 Å². The fourth-order valence-corrected chi connectivity index (χ4v) is 1.53. The molecule has 1 atom stereocenters. The van der Waals surface area contributed by atoms with Crippen LogP contribution in [0.25, 0.3) is 0 Å². The Morgan fingerprint density at radius 1 is 1.62 bits per heavy atom. The smallest absolute Gasteiger partial charge is 0.262 e. The minimum atomic E-state index is -2.45. The van der Waals surface area contributed by atoms with Gasteiger partial charge in [0.1, 0.15) is 0 Å². The van der Waals surface area contributed by atoms with E-state index in [2.05, 4.69) is 5.32 Å². The van der Waals surface area contributed by atoms with Crippen LogP contribution in [0.1, 0.15) is 6.42 Å². The van der Waals surface area contributed by atoms with Crippen LogP contribution in [0.4, 0.5) is 8.78 Å². The molecule has 0 aromatic heterocycles. The van der Waals surface area contributed by atoms with Gasteiger partial charge in [-0.05, 0) is 0 Å². The normalized spacial score (nSPS) is 35.6. The van der Waals surface area contributed by atoms with Crippen molar-refractivity contribution in [2.45, 2.75) is 16.4 Å². The number of rotatable bonds is 0. The topological polar surface area (TPSA) is 12.0 Å². The van der Waals surface area contributed by atoms with Crippen molar-refractivity contribution in [1.82, 2.24) is 5.32 Å². The molecule has 1 aliphatic rings. The van der Waals surface area contributed by atoms with E-state index in [1.165, 1.54) is 0 Å². The van der Waals surface area contributed by atoms with Gasteiger partial charge in [-0.2, -0.15) is 0 Å². The van der Waals surface area contributed by atoms with Gasteiger partial charge < -0.3 is 0 Å². The summed E-state index contributed by atoms with van der Waals surface area (Å²) in [6.07, 6.45) is -0.0203. The molecule has 0 spiro atoms. The first kappa shape index (κ1) is 6.67. The summed E-state index contributed by atoms with van der Waals surface area (Å²) in [7, 11) is 0. The lowest BCUT2D eigenvalue weighted by Gasteiger charge is -2.02. The molecule has 1 unspecified atom stereocenters. The molecule has 1 N–H and O–H groups in total. The average molecular weight is 233 g/mol. The summed E-state index contributed by atoms with van der Waals surface area (Å²) in [5.74, 6) is -2.45. The molecule has 1 heterocycles. The van der Waals surface area contributed by atoms with Crippen LogP contribution in [-0.4, -0.2) is 16.5 Å². The van der Waals surface area contributed by atoms with Crippen LogP contribution < -0.4 is 5.32 Å². The fourth-order valence-electron chi connectivity index (χ4n) is 0.667. The molecule has 1 fully saturated rings. The maximum atomic E-state index is 12.1. The van der Waals surface area contributed by atoms with Crippen LogP contribution in [0, 0.1) is 0 Å². The highest BCUT2D eigenvalue weighted by Crippen LogP contribution is 2.27. The van der Waals surface area contributed by atoms with Crippen molar-refractivity contribution in [3.05, 3.63) is 0 Å². The molecule has 1 rings (SSSR count). The SMILES string of the molecule is FC1(F)CNC(I)C1. The molecule has 0 saturated carbocycles. The molecule has 1 nitrogen and oxygen atoms in total. The van der Waals surface area contributed by atoms with Crippen LogP contribution >= 0.6 is 22.6 Å². The molecule has 1 aliphatic heterocycles. The lowest BCUT2D eigenvalue weighted by atomic mass is 10.3. The molecule has 8 heavy (non-hydrogen) atoms. The lowest BCUT2D eigenvalue weighted by Crippen LogP contribution is -2.19. The van der Waals surface area contributed by atoms with Crippen LogP contribution in [0.5, 0.6) is 0 Å². The summed E-state index contributed by atoms with van der Waals surface area (Å²) in [5.41, 5.74) is 0. The largest absolute Gasteiger partial charge is 0.300 e. The summed E-state index contributed by atoms with van der Waals surface area (Å²) in [4.78, 5) is 0. The summed E-state index contributed by atoms with van der Waals surface area (Å²) in [5, 5.41) is 2.65. The Labute approximate surface area is 60.0 Å². The van der Waals surface area contributed by atoms with E-state index < -0.39 is 5.92 Å². The predicted octanol–water partition coefficient (Wildman–Crippen LogP) is 1.38. The Hall–Kier alpha value is 0.550. The number of hydrogen-bond acceptors (Lipinski definition) is 1. The van der Waals surface area contributed by atoms with Crippen molar-refractivity contribution in [1.29, 1.82) is 0 Å². The summed E-state index contributed by atoms with van der Waals surface area (Å²) in [6.45, 7) is -0.152. The number of nitrogens with one attached hydrogen (secondary N) is 1. The third-order valence-corrected chi connectivity index (χ3v) is 1.94. The van der Waals surface area contributed by atoms with Crippen LogP contribution in [-0.2, 0) is 0 Å². The zero-order valence-corrected chi connectivity index (χ0v) is 6.28. The minimum Gasteiger partial charge on any atom is -0.300 e. The second kappa shape index (κ2) is 2.06. The van der Waals surface area contributed by atoms with Gasteiger partial charge >= 0.3 is 0 Å². The highest BCUT2D eigenvalue weighted by Gasteiger charge is 2.37. The van der Waals surface area contributed by atoms with Crippen LogP contribution in [0.3, 0.4) is 0 Å². The summed E-state index contributed by atoms with van der Waals surface area (Å²) in [6, 6.07) is 0. The highest BCUT2D eigenvalue weighted by molar-refractivity contribution is 14.1. The zero-order chi connectivity index (χ0) is 6.20. The van der Waals surface area contributed by atoms with Gasteiger partial charge in [0, 0.05) is 6.42 Å². The first-order chi connectivity index (χ1) is 3.60. The Kier molecular flexibility index (Phi) is 1.71. The molecular formula is C4H6F2IN. The van der Waals surface area contributed by atoms with Crippen molar-refractivity contribution >= 4 is 22.6 Å². The maximum absolute atomic E-state index is 12.1. The molecule has 0 bridgehead atoms. The molecule has 0 aromatic rings. The van der Waals surface area contributed by atoms with Crippen molar-refractivity contribution in [3.8, 4) is 0 Å². The van der Waals surface area contributed by atoms with Crippen molar-refractivity contribution < 1.29 is 8.78 Å². The van der Waals surface area contributed by atoms with Gasteiger partial charge in [0.05, 0.1) is 10.6 Å². The second-order valence-corrected chi connectivity index (χ2v) is 3.41. The zero-order valence-electron chi connectivity index (χ0n) is 4.13. The standard InChI is InChI=1S/C4H6F2IN/c5-4(6)1-3(7)8-2-4/h3,8H,1-2H2. The van der Waals surface area contributed by atoms with E-state index in [9.17, 15) is 8.78 Å². The van der Waals surface area contributed by atoms with E-state index >= 15 is 0 Å². The van der Waals surface area contributed by atoms with E-state index in [1.807, 2.05) is 22.6 Å². The maximum Gasteiger partial charge on any atom is 0.262 e. The molecular weight excluding hydrogens is 227 g/mol. The van der Waals surface area contributed by atoms with E-state index in [-0.39, 0.29) is 17.0 Å². The second-order valence-electron chi connectivity index (χ2n) is 1.91. The minimum absolute atomic E-state index is 0.0203. The Morgan fingerprint density at radius 2 is 2.25 bits per heavy atom. The lowest BCUT2D eigenvalue weighted by molar-refractivity contribution is 0.0234. The molecule has 0 radical (unpaired) electrons.